The Morgan fingerprint density at radius 2 is 2.33 bits per heavy atom. The van der Waals surface area contributed by atoms with Crippen LogP contribution in [0.5, 0.6) is 5.75 Å². The first kappa shape index (κ1) is 15.5. The Balaban J connectivity index is 1.82. The van der Waals surface area contributed by atoms with Gasteiger partial charge >= 0.3 is 0 Å². The fourth-order valence-corrected chi connectivity index (χ4v) is 4.56. The second kappa shape index (κ2) is 5.49. The first-order chi connectivity index (χ1) is 11.4. The van der Waals surface area contributed by atoms with Gasteiger partial charge in [-0.05, 0) is 20.3 Å². The lowest BCUT2D eigenvalue weighted by atomic mass is 9.97. The Hall–Kier alpha value is -2.06. The number of aliphatic hydroxyl groups is 1. The number of hydrogen-bond acceptors (Lipinski definition) is 6. The molecule has 2 aliphatic heterocycles. The second-order valence-electron chi connectivity index (χ2n) is 6.85. The SMILES string of the molecule is CC(C)(O)C[C@@H]1CNC(=O)c2sc(-c3cn[nH]c3)c3c2N1CCO3. The molecule has 4 rings (SSSR count). The van der Waals surface area contributed by atoms with E-state index in [1.807, 2.05) is 0 Å². The van der Waals surface area contributed by atoms with Crippen LogP contribution in [0.4, 0.5) is 5.69 Å². The van der Waals surface area contributed by atoms with E-state index < -0.39 is 5.60 Å². The van der Waals surface area contributed by atoms with E-state index in [1.54, 1.807) is 26.2 Å². The molecule has 128 valence electrons. The van der Waals surface area contributed by atoms with Gasteiger partial charge in [-0.25, -0.2) is 0 Å². The van der Waals surface area contributed by atoms with Crippen molar-refractivity contribution in [3.8, 4) is 16.2 Å². The fraction of sp³-hybridized carbons (Fsp3) is 0.500. The lowest BCUT2D eigenvalue weighted by Crippen LogP contribution is -2.48. The highest BCUT2D eigenvalue weighted by Gasteiger charge is 2.38. The minimum atomic E-state index is -0.804. The normalized spacial score (nSPS) is 20.2. The third-order valence-electron chi connectivity index (χ3n) is 4.35. The van der Waals surface area contributed by atoms with Gasteiger partial charge < -0.3 is 20.1 Å². The Morgan fingerprint density at radius 1 is 1.50 bits per heavy atom. The van der Waals surface area contributed by atoms with Crippen molar-refractivity contribution < 1.29 is 14.6 Å². The molecule has 8 heteroatoms. The van der Waals surface area contributed by atoms with Gasteiger partial charge in [0, 0.05) is 24.3 Å². The standard InChI is InChI=1S/C16H20N4O3S/c1-16(2,22)5-10-8-17-15(21)14-11-12(23-4-3-20(10)11)13(24-14)9-6-18-19-7-9/h6-7,10,22H,3-5,8H2,1-2H3,(H,17,21)(H,18,19)/t10-/m1/s1. The van der Waals surface area contributed by atoms with E-state index in [1.165, 1.54) is 11.3 Å². The Morgan fingerprint density at radius 3 is 3.04 bits per heavy atom. The smallest absolute Gasteiger partial charge is 0.263 e. The number of carbonyl (C=O) groups is 1. The largest absolute Gasteiger partial charge is 0.488 e. The van der Waals surface area contributed by atoms with Crippen LogP contribution in [-0.2, 0) is 0 Å². The molecule has 7 nitrogen and oxygen atoms in total. The van der Waals surface area contributed by atoms with Crippen LogP contribution in [0.2, 0.25) is 0 Å². The van der Waals surface area contributed by atoms with Gasteiger partial charge in [-0.2, -0.15) is 5.10 Å². The first-order valence-corrected chi connectivity index (χ1v) is 8.81. The number of aromatic nitrogens is 2. The van der Waals surface area contributed by atoms with Crippen molar-refractivity contribution >= 4 is 22.9 Å². The maximum Gasteiger partial charge on any atom is 0.263 e. The number of aromatic amines is 1. The molecule has 0 saturated carbocycles. The van der Waals surface area contributed by atoms with E-state index in [0.29, 0.717) is 31.0 Å². The lowest BCUT2D eigenvalue weighted by Gasteiger charge is -2.38. The van der Waals surface area contributed by atoms with Crippen molar-refractivity contribution in [2.45, 2.75) is 31.9 Å². The molecule has 0 aliphatic carbocycles. The third-order valence-corrected chi connectivity index (χ3v) is 5.56. The number of amides is 1. The highest BCUT2D eigenvalue weighted by molar-refractivity contribution is 7.18. The summed E-state index contributed by atoms with van der Waals surface area (Å²) in [7, 11) is 0. The molecule has 0 saturated heterocycles. The van der Waals surface area contributed by atoms with Crippen molar-refractivity contribution in [2.75, 3.05) is 24.6 Å². The van der Waals surface area contributed by atoms with Crippen molar-refractivity contribution in [3.63, 3.8) is 0 Å². The summed E-state index contributed by atoms with van der Waals surface area (Å²) in [5.41, 5.74) is 0.963. The third kappa shape index (κ3) is 2.55. The molecule has 0 aromatic carbocycles. The molecule has 0 bridgehead atoms. The van der Waals surface area contributed by atoms with Crippen molar-refractivity contribution in [3.05, 3.63) is 17.3 Å². The number of ether oxygens (including phenoxy) is 1. The maximum absolute atomic E-state index is 12.6. The van der Waals surface area contributed by atoms with Crippen LogP contribution in [0.15, 0.2) is 12.4 Å². The van der Waals surface area contributed by atoms with Gasteiger partial charge in [0.25, 0.3) is 5.91 Å². The average Bonchev–Trinajstić information content (AvgIpc) is 3.14. The van der Waals surface area contributed by atoms with Crippen LogP contribution in [0, 0.1) is 0 Å². The van der Waals surface area contributed by atoms with Crippen LogP contribution in [0.25, 0.3) is 10.4 Å². The van der Waals surface area contributed by atoms with Crippen LogP contribution in [-0.4, -0.2) is 52.6 Å². The summed E-state index contributed by atoms with van der Waals surface area (Å²) in [6.07, 6.45) is 4.11. The Kier molecular flexibility index (Phi) is 3.54. The van der Waals surface area contributed by atoms with Gasteiger partial charge in [-0.3, -0.25) is 9.89 Å². The number of nitrogens with zero attached hydrogens (tertiary/aromatic N) is 2. The predicted octanol–water partition coefficient (Wildman–Crippen LogP) is 1.61. The predicted molar refractivity (Wildman–Crippen MR) is 91.8 cm³/mol. The summed E-state index contributed by atoms with van der Waals surface area (Å²) in [4.78, 5) is 16.4. The summed E-state index contributed by atoms with van der Waals surface area (Å²) in [5.74, 6) is 0.667. The molecular weight excluding hydrogens is 328 g/mol. The fourth-order valence-electron chi connectivity index (χ4n) is 3.40. The lowest BCUT2D eigenvalue weighted by molar-refractivity contribution is 0.0613. The summed E-state index contributed by atoms with van der Waals surface area (Å²) < 4.78 is 5.93. The monoisotopic (exact) mass is 348 g/mol. The molecule has 2 aromatic heterocycles. The van der Waals surface area contributed by atoms with Gasteiger partial charge in [-0.15, -0.1) is 11.3 Å². The minimum absolute atomic E-state index is 0.0321. The molecule has 0 fully saturated rings. The number of anilines is 1. The zero-order chi connectivity index (χ0) is 16.9. The zero-order valence-corrected chi connectivity index (χ0v) is 14.4. The number of hydrogen-bond donors (Lipinski definition) is 3. The molecule has 3 N–H and O–H groups in total. The van der Waals surface area contributed by atoms with Crippen LogP contribution >= 0.6 is 11.3 Å². The van der Waals surface area contributed by atoms with Crippen LogP contribution < -0.4 is 15.0 Å². The van der Waals surface area contributed by atoms with Crippen molar-refractivity contribution in [1.29, 1.82) is 0 Å². The van der Waals surface area contributed by atoms with Gasteiger partial charge in [0.2, 0.25) is 0 Å². The maximum atomic E-state index is 12.6. The number of H-pyrrole nitrogens is 1. The molecule has 2 aromatic rings. The minimum Gasteiger partial charge on any atom is -0.488 e. The Labute approximate surface area is 143 Å². The van der Waals surface area contributed by atoms with Crippen LogP contribution in [0.1, 0.15) is 29.9 Å². The number of nitrogens with one attached hydrogen (secondary N) is 2. The van der Waals surface area contributed by atoms with Crippen molar-refractivity contribution in [2.24, 2.45) is 0 Å². The number of carbonyl (C=O) groups excluding carboxylic acids is 1. The van der Waals surface area contributed by atoms with Gasteiger partial charge in [0.1, 0.15) is 17.2 Å². The average molecular weight is 348 g/mol. The molecule has 1 atom stereocenters. The molecule has 0 radical (unpaired) electrons. The van der Waals surface area contributed by atoms with Gasteiger partial charge in [0.05, 0.1) is 23.2 Å². The van der Waals surface area contributed by atoms with E-state index >= 15 is 0 Å². The van der Waals surface area contributed by atoms with E-state index in [2.05, 4.69) is 20.4 Å². The van der Waals surface area contributed by atoms with Crippen LogP contribution in [0.3, 0.4) is 0 Å². The molecule has 1 amide bonds. The number of thiophene rings is 1. The van der Waals surface area contributed by atoms with Gasteiger partial charge in [-0.1, -0.05) is 0 Å². The molecule has 24 heavy (non-hydrogen) atoms. The topological polar surface area (TPSA) is 90.5 Å². The highest BCUT2D eigenvalue weighted by atomic mass is 32.1. The summed E-state index contributed by atoms with van der Waals surface area (Å²) in [6, 6.07) is 0.0321. The molecule has 0 spiro atoms. The van der Waals surface area contributed by atoms with E-state index in [-0.39, 0.29) is 11.9 Å². The highest BCUT2D eigenvalue weighted by Crippen LogP contribution is 2.50. The summed E-state index contributed by atoms with van der Waals surface area (Å²) in [5, 5.41) is 20.0. The first-order valence-electron chi connectivity index (χ1n) is 8.00. The molecule has 0 unspecified atom stereocenters. The quantitative estimate of drug-likeness (QED) is 0.784. The second-order valence-corrected chi connectivity index (χ2v) is 7.87. The molecular formula is C16H20N4O3S. The van der Waals surface area contributed by atoms with E-state index in [0.717, 1.165) is 21.9 Å². The summed E-state index contributed by atoms with van der Waals surface area (Å²) in [6.45, 7) is 5.38. The van der Waals surface area contributed by atoms with E-state index in [4.69, 9.17) is 4.74 Å². The zero-order valence-electron chi connectivity index (χ0n) is 13.6. The van der Waals surface area contributed by atoms with Gasteiger partial charge in [0.15, 0.2) is 5.75 Å². The summed E-state index contributed by atoms with van der Waals surface area (Å²) >= 11 is 1.43. The van der Waals surface area contributed by atoms with Crippen molar-refractivity contribution in [1.82, 2.24) is 15.5 Å². The molecule has 2 aliphatic rings. The van der Waals surface area contributed by atoms with E-state index in [9.17, 15) is 9.90 Å². The number of rotatable bonds is 3. The Bertz CT molecular complexity index is 763. The molecule has 4 heterocycles.